The van der Waals surface area contributed by atoms with Crippen LogP contribution in [0.25, 0.3) is 0 Å². The first-order valence-electron chi connectivity index (χ1n) is 9.11. The van der Waals surface area contributed by atoms with Gasteiger partial charge in [-0.25, -0.2) is 0 Å². The second-order valence-electron chi connectivity index (χ2n) is 6.96. The number of nitrogens with one attached hydrogen (secondary N) is 2. The fourth-order valence-electron chi connectivity index (χ4n) is 3.40. The van der Waals surface area contributed by atoms with Crippen molar-refractivity contribution >= 4 is 17.5 Å². The van der Waals surface area contributed by atoms with E-state index in [2.05, 4.69) is 22.6 Å². The number of amides is 2. The number of anilines is 1. The minimum absolute atomic E-state index is 0.00692. The molecule has 0 aromatic heterocycles. The fourth-order valence-corrected chi connectivity index (χ4v) is 3.40. The molecule has 2 heterocycles. The first-order valence-corrected chi connectivity index (χ1v) is 9.11. The number of benzene rings is 1. The summed E-state index contributed by atoms with van der Waals surface area (Å²) in [5, 5.41) is 5.87. The minimum atomic E-state index is -0.172. The zero-order valence-corrected chi connectivity index (χ0v) is 14.8. The highest BCUT2D eigenvalue weighted by atomic mass is 16.5. The molecule has 25 heavy (non-hydrogen) atoms. The average Bonchev–Trinajstić information content (AvgIpc) is 3.14. The van der Waals surface area contributed by atoms with E-state index in [9.17, 15) is 9.59 Å². The molecule has 2 aliphatic rings. The maximum atomic E-state index is 12.5. The summed E-state index contributed by atoms with van der Waals surface area (Å²) in [6.07, 6.45) is 3.84. The number of ether oxygens (including phenoxy) is 1. The fraction of sp³-hybridized carbons (Fsp3) is 0.579. The van der Waals surface area contributed by atoms with E-state index >= 15 is 0 Å². The number of carbonyl (C=O) groups is 2. The van der Waals surface area contributed by atoms with Gasteiger partial charge in [0.05, 0.1) is 17.4 Å². The van der Waals surface area contributed by atoms with E-state index in [1.807, 2.05) is 12.1 Å². The third-order valence-corrected chi connectivity index (χ3v) is 5.03. The molecule has 1 aromatic rings. The van der Waals surface area contributed by atoms with E-state index in [-0.39, 0.29) is 23.8 Å². The topological polar surface area (TPSA) is 70.7 Å². The van der Waals surface area contributed by atoms with Crippen molar-refractivity contribution in [2.45, 2.75) is 31.8 Å². The molecule has 0 radical (unpaired) electrons. The summed E-state index contributed by atoms with van der Waals surface area (Å²) in [6.45, 7) is 3.14. The average molecular weight is 345 g/mol. The van der Waals surface area contributed by atoms with Crippen molar-refractivity contribution in [3.05, 3.63) is 29.8 Å². The molecule has 6 nitrogen and oxygen atoms in total. The van der Waals surface area contributed by atoms with Gasteiger partial charge < -0.3 is 20.3 Å². The van der Waals surface area contributed by atoms with E-state index in [0.29, 0.717) is 17.8 Å². The summed E-state index contributed by atoms with van der Waals surface area (Å²) in [5.74, 6) is -0.151. The summed E-state index contributed by atoms with van der Waals surface area (Å²) in [5.41, 5.74) is 1.08. The molecule has 2 fully saturated rings. The Balaban J connectivity index is 1.59. The van der Waals surface area contributed by atoms with Crippen molar-refractivity contribution in [2.75, 3.05) is 38.6 Å². The third kappa shape index (κ3) is 4.80. The Labute approximate surface area is 148 Å². The van der Waals surface area contributed by atoms with Crippen LogP contribution in [-0.4, -0.2) is 56.1 Å². The van der Waals surface area contributed by atoms with E-state index in [4.69, 9.17) is 4.74 Å². The Kier molecular flexibility index (Phi) is 6.04. The van der Waals surface area contributed by atoms with Crippen LogP contribution in [0.5, 0.6) is 0 Å². The molecule has 0 aliphatic carbocycles. The van der Waals surface area contributed by atoms with Crippen molar-refractivity contribution in [1.29, 1.82) is 0 Å². The SMILES string of the molecule is CN1CCC(C(=O)Nc2ccccc2C(=O)NC[C@H]2CCCO2)CC1. The number of para-hydroxylation sites is 1. The maximum Gasteiger partial charge on any atom is 0.253 e. The number of piperidine rings is 1. The second kappa shape index (κ2) is 8.45. The Bertz CT molecular complexity index is 606. The van der Waals surface area contributed by atoms with Gasteiger partial charge in [0.1, 0.15) is 0 Å². The van der Waals surface area contributed by atoms with Gasteiger partial charge in [-0.05, 0) is 58.0 Å². The van der Waals surface area contributed by atoms with Gasteiger partial charge in [-0.1, -0.05) is 12.1 Å². The van der Waals surface area contributed by atoms with Crippen LogP contribution in [-0.2, 0) is 9.53 Å². The van der Waals surface area contributed by atoms with E-state index in [1.165, 1.54) is 0 Å². The number of likely N-dealkylation sites (tertiary alicyclic amines) is 1. The first-order chi connectivity index (χ1) is 12.1. The Morgan fingerprint density at radius 3 is 2.68 bits per heavy atom. The zero-order valence-electron chi connectivity index (χ0n) is 14.8. The van der Waals surface area contributed by atoms with Crippen molar-refractivity contribution < 1.29 is 14.3 Å². The molecular formula is C19H27N3O3. The van der Waals surface area contributed by atoms with Crippen LogP contribution in [0.1, 0.15) is 36.0 Å². The number of carbonyl (C=O) groups excluding carboxylic acids is 2. The minimum Gasteiger partial charge on any atom is -0.376 e. The molecule has 0 unspecified atom stereocenters. The maximum absolute atomic E-state index is 12.5. The lowest BCUT2D eigenvalue weighted by Gasteiger charge is -2.28. The monoisotopic (exact) mass is 345 g/mol. The van der Waals surface area contributed by atoms with Gasteiger partial charge in [-0.2, -0.15) is 0 Å². The van der Waals surface area contributed by atoms with Gasteiger partial charge in [0.2, 0.25) is 5.91 Å². The Morgan fingerprint density at radius 1 is 1.20 bits per heavy atom. The highest BCUT2D eigenvalue weighted by Crippen LogP contribution is 2.21. The van der Waals surface area contributed by atoms with E-state index in [0.717, 1.165) is 45.4 Å². The lowest BCUT2D eigenvalue weighted by atomic mass is 9.96. The van der Waals surface area contributed by atoms with Crippen LogP contribution in [0, 0.1) is 5.92 Å². The summed E-state index contributed by atoms with van der Waals surface area (Å²) < 4.78 is 5.53. The smallest absolute Gasteiger partial charge is 0.253 e. The molecule has 1 aromatic carbocycles. The zero-order chi connectivity index (χ0) is 17.6. The molecule has 2 saturated heterocycles. The van der Waals surface area contributed by atoms with Crippen molar-refractivity contribution in [2.24, 2.45) is 5.92 Å². The normalized spacial score (nSPS) is 21.9. The van der Waals surface area contributed by atoms with Crippen LogP contribution < -0.4 is 10.6 Å². The van der Waals surface area contributed by atoms with Gasteiger partial charge in [-0.3, -0.25) is 9.59 Å². The molecule has 1 atom stereocenters. The van der Waals surface area contributed by atoms with Crippen molar-refractivity contribution in [1.82, 2.24) is 10.2 Å². The van der Waals surface area contributed by atoms with Gasteiger partial charge in [-0.15, -0.1) is 0 Å². The van der Waals surface area contributed by atoms with Crippen LogP contribution in [0.2, 0.25) is 0 Å². The summed E-state index contributed by atoms with van der Waals surface area (Å²) in [6, 6.07) is 7.18. The molecule has 2 N–H and O–H groups in total. The molecule has 0 spiro atoms. The third-order valence-electron chi connectivity index (χ3n) is 5.03. The first kappa shape index (κ1) is 17.9. The number of hydrogen-bond acceptors (Lipinski definition) is 4. The molecule has 136 valence electrons. The van der Waals surface area contributed by atoms with Gasteiger partial charge in [0, 0.05) is 19.1 Å². The molecule has 6 heteroatoms. The van der Waals surface area contributed by atoms with Crippen LogP contribution in [0.4, 0.5) is 5.69 Å². The second-order valence-corrected chi connectivity index (χ2v) is 6.96. The van der Waals surface area contributed by atoms with Gasteiger partial charge in [0.15, 0.2) is 0 Å². The molecule has 2 aliphatic heterocycles. The highest BCUT2D eigenvalue weighted by Gasteiger charge is 2.24. The number of rotatable bonds is 5. The van der Waals surface area contributed by atoms with Crippen molar-refractivity contribution in [3.8, 4) is 0 Å². The standard InChI is InChI=1S/C19H27N3O3/c1-22-10-8-14(9-11-22)18(23)21-17-7-3-2-6-16(17)19(24)20-13-15-5-4-12-25-15/h2-3,6-7,14-15H,4-5,8-13H2,1H3,(H,20,24)(H,21,23)/t15-/m1/s1. The van der Waals surface area contributed by atoms with Crippen LogP contribution in [0.15, 0.2) is 24.3 Å². The summed E-state index contributed by atoms with van der Waals surface area (Å²) >= 11 is 0. The quantitative estimate of drug-likeness (QED) is 0.855. The lowest BCUT2D eigenvalue weighted by molar-refractivity contribution is -0.121. The van der Waals surface area contributed by atoms with E-state index < -0.39 is 0 Å². The summed E-state index contributed by atoms with van der Waals surface area (Å²) in [7, 11) is 2.07. The number of hydrogen-bond donors (Lipinski definition) is 2. The highest BCUT2D eigenvalue weighted by molar-refractivity contribution is 6.04. The van der Waals surface area contributed by atoms with Crippen LogP contribution >= 0.6 is 0 Å². The Hall–Kier alpha value is -1.92. The predicted octanol–water partition coefficient (Wildman–Crippen LogP) is 1.88. The molecule has 3 rings (SSSR count). The molecular weight excluding hydrogens is 318 g/mol. The van der Waals surface area contributed by atoms with Crippen LogP contribution in [0.3, 0.4) is 0 Å². The molecule has 2 amide bonds. The van der Waals surface area contributed by atoms with Gasteiger partial charge in [0.25, 0.3) is 5.91 Å². The predicted molar refractivity (Wildman–Crippen MR) is 96.6 cm³/mol. The molecule has 0 bridgehead atoms. The molecule has 0 saturated carbocycles. The van der Waals surface area contributed by atoms with Gasteiger partial charge >= 0.3 is 0 Å². The van der Waals surface area contributed by atoms with E-state index in [1.54, 1.807) is 12.1 Å². The lowest BCUT2D eigenvalue weighted by Crippen LogP contribution is -2.36. The summed E-state index contributed by atoms with van der Waals surface area (Å²) in [4.78, 5) is 27.3. The largest absolute Gasteiger partial charge is 0.376 e. The number of nitrogens with zero attached hydrogens (tertiary/aromatic N) is 1. The van der Waals surface area contributed by atoms with Crippen molar-refractivity contribution in [3.63, 3.8) is 0 Å². The Morgan fingerprint density at radius 2 is 1.96 bits per heavy atom.